The molecule has 0 saturated heterocycles. The third kappa shape index (κ3) is 4.01. The van der Waals surface area contributed by atoms with Crippen molar-refractivity contribution in [3.05, 3.63) is 5.82 Å². The topological polar surface area (TPSA) is 80.9 Å². The highest BCUT2D eigenvalue weighted by Gasteiger charge is 2.21. The van der Waals surface area contributed by atoms with Crippen LogP contribution < -0.4 is 0 Å². The molecule has 1 aromatic heterocycles. The fourth-order valence-electron chi connectivity index (χ4n) is 2.83. The van der Waals surface area contributed by atoms with Gasteiger partial charge in [0.1, 0.15) is 0 Å². The Morgan fingerprint density at radius 1 is 1.37 bits per heavy atom. The van der Waals surface area contributed by atoms with Crippen LogP contribution in [0, 0.1) is 5.92 Å². The minimum atomic E-state index is -0.767. The molecule has 1 N–H and O–H groups in total. The Morgan fingerprint density at radius 3 is 2.68 bits per heavy atom. The Balaban J connectivity index is 2.01. The van der Waals surface area contributed by atoms with E-state index in [1.54, 1.807) is 0 Å². The van der Waals surface area contributed by atoms with Crippen molar-refractivity contribution in [2.45, 2.75) is 64.3 Å². The van der Waals surface area contributed by atoms with Gasteiger partial charge in [0.25, 0.3) is 0 Å². The smallest absolute Gasteiger partial charge is 0.303 e. The molecular weight excluding hydrogens is 244 g/mol. The zero-order chi connectivity index (χ0) is 13.7. The average Bonchev–Trinajstić information content (AvgIpc) is 2.63. The van der Waals surface area contributed by atoms with Crippen molar-refractivity contribution in [2.75, 3.05) is 0 Å². The average molecular weight is 266 g/mol. The summed E-state index contributed by atoms with van der Waals surface area (Å²) in [5.41, 5.74) is 0. The second-order valence-electron chi connectivity index (χ2n) is 5.61. The molecule has 0 radical (unpaired) electrons. The van der Waals surface area contributed by atoms with Gasteiger partial charge in [-0.2, -0.15) is 0 Å². The number of nitrogens with zero attached hydrogens (tertiary/aromatic N) is 4. The van der Waals surface area contributed by atoms with Crippen LogP contribution in [-0.2, 0) is 11.3 Å². The maximum atomic E-state index is 10.7. The highest BCUT2D eigenvalue weighted by atomic mass is 16.4. The number of carboxylic acid groups (broad SMARTS) is 1. The summed E-state index contributed by atoms with van der Waals surface area (Å²) in [4.78, 5) is 10.7. The normalized spacial score (nSPS) is 19.0. The van der Waals surface area contributed by atoms with Gasteiger partial charge in [-0.3, -0.25) is 4.79 Å². The molecule has 0 aliphatic heterocycles. The predicted octanol–water partition coefficient (Wildman–Crippen LogP) is 2.22. The zero-order valence-electron chi connectivity index (χ0n) is 11.5. The number of hydrogen-bond donors (Lipinski definition) is 1. The van der Waals surface area contributed by atoms with E-state index in [0.29, 0.717) is 12.5 Å². The van der Waals surface area contributed by atoms with E-state index in [1.165, 1.54) is 25.7 Å². The van der Waals surface area contributed by atoms with Crippen molar-refractivity contribution in [1.29, 1.82) is 0 Å². The van der Waals surface area contributed by atoms with Crippen LogP contribution in [0.3, 0.4) is 0 Å². The number of tetrazole rings is 1. The SMILES string of the molecule is CC(CC(=O)O)Cn1nnnc1C1CCCCCC1. The minimum absolute atomic E-state index is 0.0468. The first kappa shape index (κ1) is 14.0. The molecule has 0 bridgehead atoms. The Hall–Kier alpha value is -1.46. The lowest BCUT2D eigenvalue weighted by Gasteiger charge is -2.15. The van der Waals surface area contributed by atoms with E-state index in [-0.39, 0.29) is 12.3 Å². The van der Waals surface area contributed by atoms with Crippen LogP contribution in [0.4, 0.5) is 0 Å². The van der Waals surface area contributed by atoms with Crippen LogP contribution in [0.2, 0.25) is 0 Å². The maximum Gasteiger partial charge on any atom is 0.303 e. The van der Waals surface area contributed by atoms with E-state index in [0.717, 1.165) is 18.7 Å². The second kappa shape index (κ2) is 6.63. The molecule has 1 fully saturated rings. The van der Waals surface area contributed by atoms with Gasteiger partial charge in [-0.05, 0) is 29.2 Å². The summed E-state index contributed by atoms with van der Waals surface area (Å²) < 4.78 is 1.81. The van der Waals surface area contributed by atoms with Crippen LogP contribution in [0.25, 0.3) is 0 Å². The van der Waals surface area contributed by atoms with E-state index in [9.17, 15) is 4.79 Å². The molecule has 6 nitrogen and oxygen atoms in total. The van der Waals surface area contributed by atoms with Gasteiger partial charge in [0.05, 0.1) is 0 Å². The van der Waals surface area contributed by atoms with Crippen molar-refractivity contribution in [2.24, 2.45) is 5.92 Å². The number of rotatable bonds is 5. The summed E-state index contributed by atoms with van der Waals surface area (Å²) in [7, 11) is 0. The lowest BCUT2D eigenvalue weighted by Crippen LogP contribution is -2.17. The van der Waals surface area contributed by atoms with Gasteiger partial charge in [-0.1, -0.05) is 32.6 Å². The third-order valence-electron chi connectivity index (χ3n) is 3.79. The number of aromatic nitrogens is 4. The van der Waals surface area contributed by atoms with Crippen LogP contribution in [0.15, 0.2) is 0 Å². The van der Waals surface area contributed by atoms with Crippen LogP contribution in [-0.4, -0.2) is 31.3 Å². The van der Waals surface area contributed by atoms with E-state index >= 15 is 0 Å². The summed E-state index contributed by atoms with van der Waals surface area (Å²) in [6.07, 6.45) is 7.52. The summed E-state index contributed by atoms with van der Waals surface area (Å²) in [6.45, 7) is 2.51. The second-order valence-corrected chi connectivity index (χ2v) is 5.61. The van der Waals surface area contributed by atoms with Gasteiger partial charge in [0.2, 0.25) is 0 Å². The number of carbonyl (C=O) groups is 1. The van der Waals surface area contributed by atoms with Gasteiger partial charge in [0, 0.05) is 18.9 Å². The van der Waals surface area contributed by atoms with Gasteiger partial charge in [-0.15, -0.1) is 5.10 Å². The molecule has 2 rings (SSSR count). The Kier molecular flexibility index (Phi) is 4.87. The number of carboxylic acids is 1. The standard InChI is InChI=1S/C13H22N4O2/c1-10(8-12(18)19)9-17-13(14-15-16-17)11-6-4-2-3-5-7-11/h10-11H,2-9H2,1H3,(H,18,19). The monoisotopic (exact) mass is 266 g/mol. The minimum Gasteiger partial charge on any atom is -0.481 e. The molecule has 1 atom stereocenters. The van der Waals surface area contributed by atoms with E-state index < -0.39 is 5.97 Å². The molecule has 6 heteroatoms. The molecule has 1 aromatic rings. The first-order valence-corrected chi connectivity index (χ1v) is 7.14. The molecule has 0 aromatic carbocycles. The molecule has 19 heavy (non-hydrogen) atoms. The molecule has 106 valence electrons. The highest BCUT2D eigenvalue weighted by Crippen LogP contribution is 2.30. The molecule has 0 spiro atoms. The Labute approximate surface area is 113 Å². The zero-order valence-corrected chi connectivity index (χ0v) is 11.5. The summed E-state index contributed by atoms with van der Waals surface area (Å²) >= 11 is 0. The van der Waals surface area contributed by atoms with Gasteiger partial charge >= 0.3 is 5.97 Å². The molecule has 1 unspecified atom stereocenters. The Bertz CT molecular complexity index is 411. The van der Waals surface area contributed by atoms with E-state index in [4.69, 9.17) is 5.11 Å². The van der Waals surface area contributed by atoms with Gasteiger partial charge < -0.3 is 5.11 Å². The van der Waals surface area contributed by atoms with Crippen molar-refractivity contribution in [3.63, 3.8) is 0 Å². The molecule has 0 amide bonds. The van der Waals surface area contributed by atoms with Crippen molar-refractivity contribution in [3.8, 4) is 0 Å². The molecule has 1 aliphatic rings. The number of aliphatic carboxylic acids is 1. The molecular formula is C13H22N4O2. The van der Waals surface area contributed by atoms with Gasteiger partial charge in [-0.25, -0.2) is 4.68 Å². The van der Waals surface area contributed by atoms with Crippen LogP contribution >= 0.6 is 0 Å². The van der Waals surface area contributed by atoms with Crippen LogP contribution in [0.5, 0.6) is 0 Å². The molecule has 1 saturated carbocycles. The van der Waals surface area contributed by atoms with Crippen LogP contribution in [0.1, 0.15) is 63.6 Å². The predicted molar refractivity (Wildman–Crippen MR) is 69.7 cm³/mol. The maximum absolute atomic E-state index is 10.7. The third-order valence-corrected chi connectivity index (χ3v) is 3.79. The summed E-state index contributed by atoms with van der Waals surface area (Å²) in [5.74, 6) is 0.663. The fraction of sp³-hybridized carbons (Fsp3) is 0.846. The number of hydrogen-bond acceptors (Lipinski definition) is 4. The fourth-order valence-corrected chi connectivity index (χ4v) is 2.83. The van der Waals surface area contributed by atoms with E-state index in [1.807, 2.05) is 11.6 Å². The lowest BCUT2D eigenvalue weighted by atomic mass is 9.99. The van der Waals surface area contributed by atoms with Gasteiger partial charge in [0.15, 0.2) is 5.82 Å². The van der Waals surface area contributed by atoms with Crippen molar-refractivity contribution >= 4 is 5.97 Å². The largest absolute Gasteiger partial charge is 0.481 e. The first-order valence-electron chi connectivity index (χ1n) is 7.14. The molecule has 1 heterocycles. The lowest BCUT2D eigenvalue weighted by molar-refractivity contribution is -0.138. The highest BCUT2D eigenvalue weighted by molar-refractivity contribution is 5.66. The summed E-state index contributed by atoms with van der Waals surface area (Å²) in [5, 5.41) is 20.8. The Morgan fingerprint density at radius 2 is 2.05 bits per heavy atom. The quantitative estimate of drug-likeness (QED) is 0.826. The summed E-state index contributed by atoms with van der Waals surface area (Å²) in [6, 6.07) is 0. The first-order chi connectivity index (χ1) is 9.16. The molecule has 1 aliphatic carbocycles. The van der Waals surface area contributed by atoms with Crippen molar-refractivity contribution < 1.29 is 9.90 Å². The van der Waals surface area contributed by atoms with Crippen molar-refractivity contribution in [1.82, 2.24) is 20.2 Å². The van der Waals surface area contributed by atoms with E-state index in [2.05, 4.69) is 15.5 Å².